The highest BCUT2D eigenvalue weighted by molar-refractivity contribution is 5.73. The van der Waals surface area contributed by atoms with E-state index in [2.05, 4.69) is 21.4 Å². The van der Waals surface area contributed by atoms with Crippen LogP contribution < -0.4 is 19.7 Å². The highest BCUT2D eigenvalue weighted by Gasteiger charge is 2.25. The first-order chi connectivity index (χ1) is 14.5. The molecule has 1 aliphatic heterocycles. The second kappa shape index (κ2) is 7.79. The Balaban J connectivity index is 1.67. The smallest absolute Gasteiger partial charge is 0.404 e. The van der Waals surface area contributed by atoms with Crippen molar-refractivity contribution in [2.24, 2.45) is 0 Å². The van der Waals surface area contributed by atoms with Crippen molar-refractivity contribution in [1.29, 1.82) is 5.26 Å². The number of nitrogens with zero attached hydrogens (tertiary/aromatic N) is 5. The number of nitrogens with one attached hydrogen (secondary N) is 1. The minimum absolute atomic E-state index is 0.121. The predicted octanol–water partition coefficient (Wildman–Crippen LogP) is 2.13. The van der Waals surface area contributed by atoms with Crippen molar-refractivity contribution >= 4 is 17.7 Å². The molecule has 0 bridgehead atoms. The topological polar surface area (TPSA) is 125 Å². The third-order valence-electron chi connectivity index (χ3n) is 5.07. The number of hydrogen-bond acceptors (Lipinski definition) is 7. The number of methoxy groups -OCH3 is 2. The standard InChI is InChI=1S/C20H20N6O4/c1-29-16-8-17(30-2)14(7-12(16)9-21)15-11-26-6-4-18(24-19(26)23-15)25-5-3-13(10-25)22-20(27)28/h4,6-8,11,13,22H,3,5,10H2,1-2H3,(H,27,28). The molecule has 10 heteroatoms. The van der Waals surface area contributed by atoms with Crippen molar-refractivity contribution < 1.29 is 19.4 Å². The zero-order chi connectivity index (χ0) is 21.3. The Labute approximate surface area is 172 Å². The summed E-state index contributed by atoms with van der Waals surface area (Å²) in [5.74, 6) is 2.19. The summed E-state index contributed by atoms with van der Waals surface area (Å²) in [5.41, 5.74) is 1.66. The van der Waals surface area contributed by atoms with Crippen molar-refractivity contribution in [3.05, 3.63) is 36.2 Å². The summed E-state index contributed by atoms with van der Waals surface area (Å²) in [6, 6.07) is 7.21. The first kappa shape index (κ1) is 19.3. The molecule has 1 atom stereocenters. The fourth-order valence-electron chi connectivity index (χ4n) is 3.62. The number of carbonyl (C=O) groups is 1. The summed E-state index contributed by atoms with van der Waals surface area (Å²) >= 11 is 0. The van der Waals surface area contributed by atoms with Crippen LogP contribution in [-0.4, -0.2) is 58.9 Å². The van der Waals surface area contributed by atoms with E-state index < -0.39 is 6.09 Å². The fraction of sp³-hybridized carbons (Fsp3) is 0.300. The Morgan fingerprint density at radius 1 is 1.30 bits per heavy atom. The Hall–Kier alpha value is -4.00. The van der Waals surface area contributed by atoms with E-state index in [1.54, 1.807) is 23.6 Å². The van der Waals surface area contributed by atoms with E-state index in [1.165, 1.54) is 7.11 Å². The maximum Gasteiger partial charge on any atom is 0.404 e. The molecule has 0 radical (unpaired) electrons. The molecule has 10 nitrogen and oxygen atoms in total. The number of imidazole rings is 1. The number of anilines is 1. The maximum atomic E-state index is 10.9. The van der Waals surface area contributed by atoms with Gasteiger partial charge in [-0.1, -0.05) is 0 Å². The van der Waals surface area contributed by atoms with Crippen LogP contribution in [-0.2, 0) is 0 Å². The first-order valence-electron chi connectivity index (χ1n) is 9.29. The number of rotatable bonds is 5. The molecule has 3 heterocycles. The van der Waals surface area contributed by atoms with Crippen LogP contribution >= 0.6 is 0 Å². The number of amides is 1. The van der Waals surface area contributed by atoms with Crippen LogP contribution in [0.5, 0.6) is 11.5 Å². The van der Waals surface area contributed by atoms with Crippen molar-refractivity contribution in [3.63, 3.8) is 0 Å². The fourth-order valence-corrected chi connectivity index (χ4v) is 3.62. The van der Waals surface area contributed by atoms with Crippen LogP contribution in [0.15, 0.2) is 30.6 Å². The molecule has 1 amide bonds. The van der Waals surface area contributed by atoms with Crippen molar-refractivity contribution in [1.82, 2.24) is 19.7 Å². The molecule has 3 aromatic rings. The van der Waals surface area contributed by atoms with Gasteiger partial charge in [0.15, 0.2) is 0 Å². The SMILES string of the molecule is COc1cc(OC)c(-c2cn3ccc(N4CCC(NC(=O)O)C4)nc3n2)cc1C#N. The lowest BCUT2D eigenvalue weighted by Crippen LogP contribution is -2.36. The van der Waals surface area contributed by atoms with Crippen molar-refractivity contribution in [2.45, 2.75) is 12.5 Å². The molecular weight excluding hydrogens is 388 g/mol. The van der Waals surface area contributed by atoms with Gasteiger partial charge in [0.1, 0.15) is 23.4 Å². The minimum atomic E-state index is -1.02. The third-order valence-corrected chi connectivity index (χ3v) is 5.07. The second-order valence-corrected chi connectivity index (χ2v) is 6.86. The van der Waals surface area contributed by atoms with E-state index >= 15 is 0 Å². The molecule has 1 unspecified atom stereocenters. The van der Waals surface area contributed by atoms with E-state index in [9.17, 15) is 10.1 Å². The number of carboxylic acid groups (broad SMARTS) is 1. The summed E-state index contributed by atoms with van der Waals surface area (Å²) in [4.78, 5) is 22.1. The summed E-state index contributed by atoms with van der Waals surface area (Å²) in [5, 5.41) is 20.8. The average Bonchev–Trinajstić information content (AvgIpc) is 3.38. The van der Waals surface area contributed by atoms with Crippen LogP contribution in [0.2, 0.25) is 0 Å². The molecule has 0 aliphatic carbocycles. The van der Waals surface area contributed by atoms with Crippen molar-refractivity contribution in [2.75, 3.05) is 32.2 Å². The Morgan fingerprint density at radius 3 is 2.80 bits per heavy atom. The summed E-state index contributed by atoms with van der Waals surface area (Å²) in [6.45, 7) is 1.26. The van der Waals surface area contributed by atoms with Crippen LogP contribution in [0.3, 0.4) is 0 Å². The van der Waals surface area contributed by atoms with Crippen LogP contribution in [0.1, 0.15) is 12.0 Å². The number of benzene rings is 1. The molecule has 1 aliphatic rings. The molecule has 1 aromatic carbocycles. The molecular formula is C20H20N6O4. The number of aromatic nitrogens is 3. The van der Waals surface area contributed by atoms with Gasteiger partial charge < -0.3 is 24.8 Å². The maximum absolute atomic E-state index is 10.9. The van der Waals surface area contributed by atoms with Gasteiger partial charge in [-0.15, -0.1) is 0 Å². The van der Waals surface area contributed by atoms with Gasteiger partial charge in [-0.25, -0.2) is 9.78 Å². The van der Waals surface area contributed by atoms with Gasteiger partial charge in [0, 0.05) is 37.1 Å². The first-order valence-corrected chi connectivity index (χ1v) is 9.29. The summed E-state index contributed by atoms with van der Waals surface area (Å²) in [6.07, 6.45) is 3.37. The quantitative estimate of drug-likeness (QED) is 0.658. The average molecular weight is 408 g/mol. The van der Waals surface area contributed by atoms with E-state index in [0.717, 1.165) is 12.2 Å². The molecule has 154 valence electrons. The third kappa shape index (κ3) is 3.53. The molecule has 0 spiro atoms. The zero-order valence-corrected chi connectivity index (χ0v) is 16.5. The Kier molecular flexibility index (Phi) is 5.02. The summed E-state index contributed by atoms with van der Waals surface area (Å²) < 4.78 is 12.5. The van der Waals surface area contributed by atoms with E-state index in [4.69, 9.17) is 14.6 Å². The normalized spacial score (nSPS) is 15.8. The lowest BCUT2D eigenvalue weighted by Gasteiger charge is -2.17. The van der Waals surface area contributed by atoms with Gasteiger partial charge in [-0.2, -0.15) is 10.2 Å². The Morgan fingerprint density at radius 2 is 2.10 bits per heavy atom. The second-order valence-electron chi connectivity index (χ2n) is 6.86. The number of fused-ring (bicyclic) bond motifs is 1. The molecule has 1 saturated heterocycles. The lowest BCUT2D eigenvalue weighted by atomic mass is 10.1. The van der Waals surface area contributed by atoms with Gasteiger partial charge in [-0.05, 0) is 18.6 Å². The lowest BCUT2D eigenvalue weighted by molar-refractivity contribution is 0.191. The van der Waals surface area contributed by atoms with Gasteiger partial charge in [0.2, 0.25) is 5.78 Å². The van der Waals surface area contributed by atoms with Crippen LogP contribution in [0.4, 0.5) is 10.6 Å². The van der Waals surface area contributed by atoms with Gasteiger partial charge in [0.05, 0.1) is 31.5 Å². The van der Waals surface area contributed by atoms with Gasteiger partial charge >= 0.3 is 6.09 Å². The molecule has 1 fully saturated rings. The van der Waals surface area contributed by atoms with Crippen LogP contribution in [0, 0.1) is 11.3 Å². The molecule has 4 rings (SSSR count). The van der Waals surface area contributed by atoms with Gasteiger partial charge in [-0.3, -0.25) is 4.40 Å². The minimum Gasteiger partial charge on any atom is -0.496 e. The molecule has 30 heavy (non-hydrogen) atoms. The highest BCUT2D eigenvalue weighted by Crippen LogP contribution is 2.35. The summed E-state index contributed by atoms with van der Waals surface area (Å²) in [7, 11) is 3.05. The molecule has 2 aromatic heterocycles. The largest absolute Gasteiger partial charge is 0.496 e. The zero-order valence-electron chi connectivity index (χ0n) is 16.5. The number of hydrogen-bond donors (Lipinski definition) is 2. The van der Waals surface area contributed by atoms with E-state index in [0.29, 0.717) is 47.2 Å². The van der Waals surface area contributed by atoms with Crippen molar-refractivity contribution in [3.8, 4) is 28.8 Å². The van der Waals surface area contributed by atoms with Crippen LogP contribution in [0.25, 0.3) is 17.0 Å². The Bertz CT molecular complexity index is 1150. The van der Waals surface area contributed by atoms with E-state index in [1.807, 2.05) is 23.4 Å². The van der Waals surface area contributed by atoms with Gasteiger partial charge in [0.25, 0.3) is 0 Å². The number of ether oxygens (including phenoxy) is 2. The highest BCUT2D eigenvalue weighted by atomic mass is 16.5. The predicted molar refractivity (Wildman–Crippen MR) is 108 cm³/mol. The number of nitriles is 1. The monoisotopic (exact) mass is 408 g/mol. The molecule has 2 N–H and O–H groups in total. The molecule has 0 saturated carbocycles. The van der Waals surface area contributed by atoms with E-state index in [-0.39, 0.29) is 6.04 Å².